The summed E-state index contributed by atoms with van der Waals surface area (Å²) in [6, 6.07) is 7.08. The smallest absolute Gasteiger partial charge is 0.328 e. The molecule has 0 saturated heterocycles. The highest BCUT2D eigenvalue weighted by atomic mass is 35.5. The third kappa shape index (κ3) is 2.98. The standard InChI is InChI=1S/C18H17ClN4O2/c19-15-8-7-12(10-20-15)11-22-9-3-6-14-16(22)21-18(25)23(17(14)24)13-4-1-2-5-13/h3,6-10,13H,1-2,4-5,11H2. The molecule has 6 nitrogen and oxygen atoms in total. The molecule has 2 aliphatic heterocycles. The Morgan fingerprint density at radius 1 is 1.16 bits per heavy atom. The van der Waals surface area contributed by atoms with Gasteiger partial charge in [-0.2, -0.15) is 4.98 Å². The van der Waals surface area contributed by atoms with Crippen LogP contribution < -0.4 is 11.2 Å². The van der Waals surface area contributed by atoms with E-state index >= 15 is 0 Å². The van der Waals surface area contributed by atoms with Crippen molar-refractivity contribution < 1.29 is 0 Å². The van der Waals surface area contributed by atoms with E-state index in [0.717, 1.165) is 31.2 Å². The molecule has 0 unspecified atom stereocenters. The van der Waals surface area contributed by atoms with Gasteiger partial charge in [0, 0.05) is 18.4 Å². The van der Waals surface area contributed by atoms with Crippen molar-refractivity contribution >= 4 is 11.6 Å². The van der Waals surface area contributed by atoms with Crippen LogP contribution in [0.1, 0.15) is 37.3 Å². The minimum Gasteiger partial charge on any atom is -0.328 e. The highest BCUT2D eigenvalue weighted by molar-refractivity contribution is 6.29. The average Bonchev–Trinajstić information content (AvgIpc) is 3.12. The first kappa shape index (κ1) is 16.0. The van der Waals surface area contributed by atoms with Crippen LogP contribution in [0.2, 0.25) is 5.15 Å². The van der Waals surface area contributed by atoms with E-state index in [1.165, 1.54) is 4.57 Å². The fourth-order valence-corrected chi connectivity index (χ4v) is 3.62. The Morgan fingerprint density at radius 3 is 2.68 bits per heavy atom. The van der Waals surface area contributed by atoms with Gasteiger partial charge in [0.15, 0.2) is 5.82 Å². The van der Waals surface area contributed by atoms with E-state index in [9.17, 15) is 9.59 Å². The van der Waals surface area contributed by atoms with Crippen LogP contribution in [-0.2, 0) is 6.54 Å². The monoisotopic (exact) mass is 356 g/mol. The Hall–Kier alpha value is -2.47. The molecule has 0 bridgehead atoms. The lowest BCUT2D eigenvalue weighted by Crippen LogP contribution is -2.39. The van der Waals surface area contributed by atoms with Gasteiger partial charge in [0.05, 0.1) is 12.1 Å². The zero-order chi connectivity index (χ0) is 17.4. The Balaban J connectivity index is 1.81. The lowest BCUT2D eigenvalue weighted by atomic mass is 10.2. The molecule has 0 spiro atoms. The van der Waals surface area contributed by atoms with Crippen LogP contribution in [0.3, 0.4) is 0 Å². The molecule has 3 heterocycles. The second-order valence-corrected chi connectivity index (χ2v) is 6.76. The van der Waals surface area contributed by atoms with Crippen LogP contribution in [0, 0.1) is 0 Å². The van der Waals surface area contributed by atoms with E-state index in [1.807, 2.05) is 12.3 Å². The van der Waals surface area contributed by atoms with E-state index in [1.54, 1.807) is 29.0 Å². The largest absolute Gasteiger partial charge is 0.352 e. The highest BCUT2D eigenvalue weighted by Gasteiger charge is 2.24. The molecule has 1 aliphatic carbocycles. The molecule has 0 atom stereocenters. The van der Waals surface area contributed by atoms with Gasteiger partial charge in [-0.1, -0.05) is 30.5 Å². The summed E-state index contributed by atoms with van der Waals surface area (Å²) >= 11 is 5.82. The number of hydrogen-bond acceptors (Lipinski definition) is 4. The molecule has 1 aromatic rings. The van der Waals surface area contributed by atoms with Crippen molar-refractivity contribution in [2.45, 2.75) is 38.3 Å². The maximum absolute atomic E-state index is 12.9. The van der Waals surface area contributed by atoms with Crippen LogP contribution >= 0.6 is 11.6 Å². The predicted molar refractivity (Wildman–Crippen MR) is 95.2 cm³/mol. The maximum Gasteiger partial charge on any atom is 0.352 e. The molecule has 0 amide bonds. The minimum absolute atomic E-state index is 0.0222. The molecule has 1 aromatic heterocycles. The third-order valence-electron chi connectivity index (χ3n) is 4.73. The number of halogens is 1. The maximum atomic E-state index is 12.9. The quantitative estimate of drug-likeness (QED) is 0.676. The number of rotatable bonds is 3. The summed E-state index contributed by atoms with van der Waals surface area (Å²) in [5.74, 6) is 0.404. The molecular formula is C18H17ClN4O2. The minimum atomic E-state index is -0.460. The first-order valence-electron chi connectivity index (χ1n) is 8.35. The molecular weight excluding hydrogens is 340 g/mol. The van der Waals surface area contributed by atoms with E-state index in [0.29, 0.717) is 23.1 Å². The van der Waals surface area contributed by atoms with Crippen LogP contribution in [0.5, 0.6) is 0 Å². The molecule has 1 fully saturated rings. The normalized spacial score (nSPS) is 15.1. The van der Waals surface area contributed by atoms with Crippen molar-refractivity contribution in [1.29, 1.82) is 0 Å². The van der Waals surface area contributed by atoms with E-state index in [2.05, 4.69) is 9.97 Å². The van der Waals surface area contributed by atoms with Gasteiger partial charge in [-0.3, -0.25) is 9.36 Å². The summed E-state index contributed by atoms with van der Waals surface area (Å²) in [5, 5.41) is 0.422. The van der Waals surface area contributed by atoms with Crippen molar-refractivity contribution in [2.24, 2.45) is 0 Å². The molecule has 0 radical (unpaired) electrons. The zero-order valence-electron chi connectivity index (χ0n) is 13.6. The van der Waals surface area contributed by atoms with Gasteiger partial charge in [-0.25, -0.2) is 9.78 Å². The zero-order valence-corrected chi connectivity index (χ0v) is 14.3. The number of aromatic nitrogens is 4. The Morgan fingerprint density at radius 2 is 1.96 bits per heavy atom. The van der Waals surface area contributed by atoms with Gasteiger partial charge in [-0.15, -0.1) is 0 Å². The van der Waals surface area contributed by atoms with Gasteiger partial charge >= 0.3 is 5.69 Å². The summed E-state index contributed by atoms with van der Waals surface area (Å²) in [7, 11) is 0. The Labute approximate surface area is 149 Å². The number of pyridine rings is 2. The summed E-state index contributed by atoms with van der Waals surface area (Å²) in [4.78, 5) is 33.6. The number of nitrogens with zero attached hydrogens (tertiary/aromatic N) is 4. The van der Waals surface area contributed by atoms with E-state index < -0.39 is 5.69 Å². The van der Waals surface area contributed by atoms with Crippen LogP contribution in [-0.4, -0.2) is 19.1 Å². The Bertz CT molecular complexity index is 987. The van der Waals surface area contributed by atoms with Crippen molar-refractivity contribution in [3.63, 3.8) is 0 Å². The summed E-state index contributed by atoms with van der Waals surface area (Å²) < 4.78 is 3.13. The second-order valence-electron chi connectivity index (χ2n) is 6.37. The second kappa shape index (κ2) is 6.44. The number of hydrogen-bond donors (Lipinski definition) is 0. The predicted octanol–water partition coefficient (Wildman–Crippen LogP) is 2.72. The first-order chi connectivity index (χ1) is 12.1. The molecule has 4 rings (SSSR count). The topological polar surface area (TPSA) is 69.8 Å². The van der Waals surface area contributed by atoms with Crippen molar-refractivity contribution in [3.8, 4) is 11.4 Å². The van der Waals surface area contributed by atoms with Crippen LogP contribution in [0.25, 0.3) is 11.4 Å². The molecule has 3 aliphatic rings. The van der Waals surface area contributed by atoms with Gasteiger partial charge in [-0.05, 0) is 36.6 Å². The molecule has 7 heteroatoms. The van der Waals surface area contributed by atoms with Gasteiger partial charge in [0.25, 0.3) is 5.56 Å². The average molecular weight is 357 g/mol. The third-order valence-corrected chi connectivity index (χ3v) is 4.95. The molecule has 0 N–H and O–H groups in total. The molecule has 128 valence electrons. The fourth-order valence-electron chi connectivity index (χ4n) is 3.50. The van der Waals surface area contributed by atoms with Crippen LogP contribution in [0.4, 0.5) is 0 Å². The lowest BCUT2D eigenvalue weighted by Gasteiger charge is -2.17. The van der Waals surface area contributed by atoms with Crippen LogP contribution in [0.15, 0.2) is 46.2 Å². The fraction of sp³-hybridized carbons (Fsp3) is 0.333. The summed E-state index contributed by atoms with van der Waals surface area (Å²) in [5.41, 5.74) is 0.677. The lowest BCUT2D eigenvalue weighted by molar-refractivity contribution is 0.477. The number of fused-ring (bicyclic) bond motifs is 1. The van der Waals surface area contributed by atoms with Crippen molar-refractivity contribution in [2.75, 3.05) is 0 Å². The van der Waals surface area contributed by atoms with Crippen molar-refractivity contribution in [3.05, 3.63) is 68.2 Å². The van der Waals surface area contributed by atoms with Gasteiger partial charge in [0.1, 0.15) is 5.15 Å². The van der Waals surface area contributed by atoms with Gasteiger partial charge < -0.3 is 4.57 Å². The first-order valence-corrected chi connectivity index (χ1v) is 8.73. The SMILES string of the molecule is O=c1nc2n(Cc3ccc(Cl)nc3)cccc-2c(=O)n1C1CCCC1. The van der Waals surface area contributed by atoms with Crippen molar-refractivity contribution in [1.82, 2.24) is 19.1 Å². The molecule has 25 heavy (non-hydrogen) atoms. The summed E-state index contributed by atoms with van der Waals surface area (Å²) in [6.07, 6.45) is 7.31. The van der Waals surface area contributed by atoms with E-state index in [4.69, 9.17) is 11.6 Å². The van der Waals surface area contributed by atoms with E-state index in [-0.39, 0.29) is 11.6 Å². The van der Waals surface area contributed by atoms with Gasteiger partial charge in [0.2, 0.25) is 0 Å². The summed E-state index contributed by atoms with van der Waals surface area (Å²) in [6.45, 7) is 0.459. The molecule has 0 aromatic carbocycles. The molecule has 1 saturated carbocycles. The Kier molecular flexibility index (Phi) is 4.13. The highest BCUT2D eigenvalue weighted by Crippen LogP contribution is 2.27.